The highest BCUT2D eigenvalue weighted by Gasteiger charge is 2.56. The van der Waals surface area contributed by atoms with Gasteiger partial charge in [-0.2, -0.15) is 0 Å². The van der Waals surface area contributed by atoms with Gasteiger partial charge in [-0.25, -0.2) is 4.90 Å². The molecule has 0 aliphatic carbocycles. The van der Waals surface area contributed by atoms with E-state index in [1.54, 1.807) is 37.0 Å². The smallest absolute Gasteiger partial charge is 0.308 e. The molecule has 0 N–H and O–H groups in total. The number of amides is 2. The first-order valence-electron chi connectivity index (χ1n) is 12.2. The normalized spacial score (nSPS) is 20.1. The van der Waals surface area contributed by atoms with Crippen LogP contribution >= 0.6 is 39.0 Å². The zero-order valence-electron chi connectivity index (χ0n) is 21.0. The lowest BCUT2D eigenvalue weighted by Crippen LogP contribution is -2.32. The molecule has 0 spiro atoms. The maximum absolute atomic E-state index is 14.0. The van der Waals surface area contributed by atoms with Crippen molar-refractivity contribution in [2.75, 3.05) is 19.1 Å². The van der Waals surface area contributed by atoms with E-state index in [1.807, 2.05) is 54.6 Å². The van der Waals surface area contributed by atoms with Crippen LogP contribution in [0.2, 0.25) is 0 Å². The summed E-state index contributed by atoms with van der Waals surface area (Å²) in [6.07, 6.45) is 0. The minimum Gasteiger partial charge on any atom is -0.493 e. The van der Waals surface area contributed by atoms with E-state index in [0.717, 1.165) is 36.8 Å². The summed E-state index contributed by atoms with van der Waals surface area (Å²) in [5, 5.41) is 0.0523. The lowest BCUT2D eigenvalue weighted by Gasteiger charge is -2.31. The van der Waals surface area contributed by atoms with Gasteiger partial charge in [0, 0.05) is 15.3 Å². The summed E-state index contributed by atoms with van der Waals surface area (Å²) in [7, 11) is 3.12. The number of imide groups is 1. The monoisotopic (exact) mass is 622 g/mol. The zero-order chi connectivity index (χ0) is 27.3. The van der Waals surface area contributed by atoms with Crippen LogP contribution in [0.5, 0.6) is 11.5 Å². The fourth-order valence-electron chi connectivity index (χ4n) is 5.27. The molecule has 1 aromatic heterocycles. The van der Waals surface area contributed by atoms with Crippen molar-refractivity contribution in [3.63, 3.8) is 0 Å². The highest BCUT2D eigenvalue weighted by Crippen LogP contribution is 2.54. The maximum Gasteiger partial charge on any atom is 0.308 e. The van der Waals surface area contributed by atoms with Gasteiger partial charge in [-0.1, -0.05) is 75.4 Å². The van der Waals surface area contributed by atoms with Crippen molar-refractivity contribution in [1.82, 2.24) is 4.57 Å². The van der Waals surface area contributed by atoms with E-state index in [1.165, 1.54) is 16.7 Å². The molecule has 1 saturated heterocycles. The van der Waals surface area contributed by atoms with Crippen LogP contribution in [-0.2, 0) is 16.1 Å². The fourth-order valence-corrected chi connectivity index (χ4v) is 8.31. The number of nitrogens with zero attached hydrogens (tertiary/aromatic N) is 2. The topological polar surface area (TPSA) is 77.8 Å². The van der Waals surface area contributed by atoms with Crippen LogP contribution in [-0.4, -0.2) is 35.9 Å². The van der Waals surface area contributed by atoms with Crippen LogP contribution in [0.25, 0.3) is 0 Å². The van der Waals surface area contributed by atoms with Gasteiger partial charge >= 0.3 is 4.87 Å². The predicted molar refractivity (Wildman–Crippen MR) is 155 cm³/mol. The van der Waals surface area contributed by atoms with Crippen molar-refractivity contribution in [2.24, 2.45) is 5.92 Å². The van der Waals surface area contributed by atoms with Crippen LogP contribution in [0, 0.1) is 5.92 Å². The number of carbonyl (C=O) groups excluding carboxylic acids is 2. The number of benzene rings is 3. The van der Waals surface area contributed by atoms with Crippen LogP contribution in [0.4, 0.5) is 5.69 Å². The lowest BCUT2D eigenvalue weighted by atomic mass is 9.83. The number of halogens is 1. The third-order valence-corrected chi connectivity index (χ3v) is 10.2. The van der Waals surface area contributed by atoms with E-state index in [9.17, 15) is 14.4 Å². The molecule has 6 rings (SSSR count). The number of thioether (sulfide) groups is 1. The van der Waals surface area contributed by atoms with E-state index in [-0.39, 0.29) is 16.7 Å². The Morgan fingerprint density at radius 2 is 1.59 bits per heavy atom. The number of rotatable bonds is 6. The van der Waals surface area contributed by atoms with Crippen molar-refractivity contribution in [3.8, 4) is 11.5 Å². The Hall–Kier alpha value is -3.34. The second-order valence-electron chi connectivity index (χ2n) is 9.25. The number of anilines is 1. The van der Waals surface area contributed by atoms with Crippen LogP contribution in [0.15, 0.2) is 87.1 Å². The third-order valence-electron chi connectivity index (χ3n) is 7.08. The summed E-state index contributed by atoms with van der Waals surface area (Å²) >= 11 is 5.88. The number of hydrogen-bond acceptors (Lipinski definition) is 7. The van der Waals surface area contributed by atoms with Gasteiger partial charge in [0.15, 0.2) is 11.5 Å². The van der Waals surface area contributed by atoms with E-state index < -0.39 is 17.1 Å². The third kappa shape index (κ3) is 4.40. The molecule has 0 radical (unpaired) electrons. The van der Waals surface area contributed by atoms with Crippen molar-refractivity contribution in [2.45, 2.75) is 22.7 Å². The average Bonchev–Trinajstić information content (AvgIpc) is 3.40. The Balaban J connectivity index is 1.51. The Bertz CT molecular complexity index is 1630. The number of fused-ring (bicyclic) bond motifs is 2. The van der Waals surface area contributed by atoms with Crippen molar-refractivity contribution < 1.29 is 19.1 Å². The number of aromatic nitrogens is 1. The first-order chi connectivity index (χ1) is 18.9. The second-order valence-corrected chi connectivity index (χ2v) is 12.3. The zero-order valence-corrected chi connectivity index (χ0v) is 24.2. The highest BCUT2D eigenvalue weighted by molar-refractivity contribution is 9.10. The second kappa shape index (κ2) is 10.3. The molecular weight excluding hydrogens is 600 g/mol. The average molecular weight is 624 g/mol. The number of ether oxygens (including phenoxy) is 2. The minimum atomic E-state index is -0.681. The van der Waals surface area contributed by atoms with Gasteiger partial charge < -0.3 is 9.47 Å². The van der Waals surface area contributed by atoms with E-state index in [2.05, 4.69) is 15.9 Å². The molecular formula is C29H23BrN2O5S2. The molecule has 198 valence electrons. The van der Waals surface area contributed by atoms with Crippen molar-refractivity contribution in [3.05, 3.63) is 103 Å². The molecule has 7 nitrogen and oxygen atoms in total. The molecule has 10 heteroatoms. The molecule has 0 unspecified atom stereocenters. The Morgan fingerprint density at radius 1 is 0.872 bits per heavy atom. The molecule has 2 aliphatic rings. The lowest BCUT2D eigenvalue weighted by molar-refractivity contribution is -0.122. The number of thiazole rings is 1. The van der Waals surface area contributed by atoms with Crippen LogP contribution < -0.4 is 19.2 Å². The molecule has 1 fully saturated rings. The molecule has 39 heavy (non-hydrogen) atoms. The molecule has 3 aromatic carbocycles. The molecule has 0 bridgehead atoms. The molecule has 3 atom stereocenters. The van der Waals surface area contributed by atoms with Crippen LogP contribution in [0.1, 0.15) is 21.9 Å². The summed E-state index contributed by atoms with van der Waals surface area (Å²) in [6, 6.07) is 22.4. The molecule has 0 saturated carbocycles. The van der Waals surface area contributed by atoms with Gasteiger partial charge in [-0.3, -0.25) is 19.0 Å². The predicted octanol–water partition coefficient (Wildman–Crippen LogP) is 5.53. The SMILES string of the molecule is COc1ccc([C@@H]2c3sc(=O)n(Cc4ccccc4)c3S[C@H]3C(=O)N(c4ccc(Br)cc4)C(=O)[C@H]23)cc1OC. The quantitative estimate of drug-likeness (QED) is 0.263. The van der Waals surface area contributed by atoms with Gasteiger partial charge in [0.25, 0.3) is 0 Å². The van der Waals surface area contributed by atoms with E-state index in [0.29, 0.717) is 23.7 Å². The van der Waals surface area contributed by atoms with Gasteiger partial charge in [0.2, 0.25) is 11.8 Å². The number of hydrogen-bond donors (Lipinski definition) is 0. The van der Waals surface area contributed by atoms with E-state index >= 15 is 0 Å². The Labute approximate surface area is 241 Å². The van der Waals surface area contributed by atoms with Crippen molar-refractivity contribution >= 4 is 56.5 Å². The summed E-state index contributed by atoms with van der Waals surface area (Å²) < 4.78 is 13.6. The van der Waals surface area contributed by atoms with Crippen LogP contribution in [0.3, 0.4) is 0 Å². The van der Waals surface area contributed by atoms with Gasteiger partial charge in [-0.15, -0.1) is 0 Å². The summed E-state index contributed by atoms with van der Waals surface area (Å²) in [6.45, 7) is 0.382. The number of methoxy groups -OCH3 is 2. The minimum absolute atomic E-state index is 0.119. The maximum atomic E-state index is 14.0. The Kier molecular flexibility index (Phi) is 6.86. The van der Waals surface area contributed by atoms with Crippen molar-refractivity contribution in [1.29, 1.82) is 0 Å². The Morgan fingerprint density at radius 3 is 2.28 bits per heavy atom. The standard InChI is InChI=1S/C29H23BrN2O5S2/c1-36-20-13-8-17(14-21(20)37-2)22-23-24(27(34)32(26(23)33)19-11-9-18(30)10-12-19)38-28-25(22)39-29(35)31(28)15-16-6-4-3-5-7-16/h3-14,22-24H,15H2,1-2H3/t22-,23+,24+/m0/s1. The number of carbonyl (C=O) groups is 2. The van der Waals surface area contributed by atoms with E-state index in [4.69, 9.17) is 9.47 Å². The summed E-state index contributed by atoms with van der Waals surface area (Å²) in [5.74, 6) is -0.663. The molecule has 4 aromatic rings. The highest BCUT2D eigenvalue weighted by atomic mass is 79.9. The van der Waals surface area contributed by atoms with Gasteiger partial charge in [0.1, 0.15) is 5.25 Å². The molecule has 2 aliphatic heterocycles. The van der Waals surface area contributed by atoms with Gasteiger partial charge in [0.05, 0.1) is 37.4 Å². The molecule has 2 amide bonds. The first kappa shape index (κ1) is 25.9. The largest absolute Gasteiger partial charge is 0.493 e. The molecule has 3 heterocycles. The fraction of sp³-hybridized carbons (Fsp3) is 0.207. The van der Waals surface area contributed by atoms with Gasteiger partial charge in [-0.05, 0) is 47.5 Å². The first-order valence-corrected chi connectivity index (χ1v) is 14.7. The summed E-state index contributed by atoms with van der Waals surface area (Å²) in [4.78, 5) is 43.2. The summed E-state index contributed by atoms with van der Waals surface area (Å²) in [5.41, 5.74) is 2.30.